The average molecular weight is 638 g/mol. The van der Waals surface area contributed by atoms with Gasteiger partial charge >= 0.3 is 12.4 Å². The zero-order valence-corrected chi connectivity index (χ0v) is 25.4. The van der Waals surface area contributed by atoms with Crippen LogP contribution in [-0.2, 0) is 0 Å². The van der Waals surface area contributed by atoms with E-state index in [-0.39, 0.29) is 11.7 Å². The summed E-state index contributed by atoms with van der Waals surface area (Å²) >= 11 is 7.00. The Morgan fingerprint density at radius 3 is 2.52 bits per heavy atom. The van der Waals surface area contributed by atoms with Crippen LogP contribution in [0.1, 0.15) is 36.5 Å². The van der Waals surface area contributed by atoms with E-state index in [4.69, 9.17) is 12.2 Å². The lowest BCUT2D eigenvalue weighted by Gasteiger charge is -2.23. The Morgan fingerprint density at radius 1 is 1.11 bits per heavy atom. The fraction of sp³-hybridized carbons (Fsp3) is 0.200. The Bertz CT molecular complexity index is 1730. The van der Waals surface area contributed by atoms with Crippen LogP contribution >= 0.6 is 24.0 Å². The van der Waals surface area contributed by atoms with Crippen molar-refractivity contribution in [2.75, 3.05) is 10.7 Å². The number of carbonyl (C=O) groups is 1. The Morgan fingerprint density at radius 2 is 1.84 bits per heavy atom. The summed E-state index contributed by atoms with van der Waals surface area (Å²) in [7, 11) is 0. The smallest absolute Gasteiger partial charge is 0.406 e. The number of benzene rings is 3. The summed E-state index contributed by atoms with van der Waals surface area (Å²) in [6.45, 7) is 6.23. The van der Waals surface area contributed by atoms with Crippen molar-refractivity contribution in [2.24, 2.45) is 10.1 Å². The lowest BCUT2D eigenvalue weighted by atomic mass is 9.99. The van der Waals surface area contributed by atoms with E-state index >= 15 is 0 Å². The predicted octanol–water partition coefficient (Wildman–Crippen LogP) is 7.25. The molecule has 5 rings (SSSR count). The van der Waals surface area contributed by atoms with Gasteiger partial charge in [0.2, 0.25) is 0 Å². The number of aromatic nitrogens is 3. The van der Waals surface area contributed by atoms with Gasteiger partial charge in [-0.1, -0.05) is 74.2 Å². The second-order valence-electron chi connectivity index (χ2n) is 9.98. The third-order valence-electron chi connectivity index (χ3n) is 6.38. The number of urea groups is 1. The summed E-state index contributed by atoms with van der Waals surface area (Å²) in [5, 5.41) is 8.92. The first-order chi connectivity index (χ1) is 21.0. The summed E-state index contributed by atoms with van der Waals surface area (Å²) in [6.07, 6.45) is -1.82. The van der Waals surface area contributed by atoms with Crippen LogP contribution in [0, 0.1) is 6.92 Å². The number of aliphatic imine (C=N–C) groups is 1. The monoisotopic (exact) mass is 637 g/mol. The number of alkyl halides is 3. The highest BCUT2D eigenvalue weighted by molar-refractivity contribution is 8.16. The predicted molar refractivity (Wildman–Crippen MR) is 170 cm³/mol. The molecule has 4 aromatic rings. The molecule has 2 heterocycles. The molecule has 1 aliphatic rings. The van der Waals surface area contributed by atoms with E-state index < -0.39 is 12.4 Å². The topological polar surface area (TPSA) is 97.0 Å². The molecular weight excluding hydrogens is 612 g/mol. The van der Waals surface area contributed by atoms with Gasteiger partial charge in [-0.3, -0.25) is 4.90 Å². The molecule has 0 spiro atoms. The van der Waals surface area contributed by atoms with Crippen molar-refractivity contribution in [1.82, 2.24) is 20.2 Å². The number of thioether (sulfide) groups is 1. The number of halogens is 3. The van der Waals surface area contributed by atoms with Crippen LogP contribution in [0.3, 0.4) is 0 Å². The molecule has 0 aliphatic carbocycles. The minimum Gasteiger partial charge on any atom is -0.406 e. The third kappa shape index (κ3) is 7.50. The average Bonchev–Trinajstić information content (AvgIpc) is 3.60. The molecule has 14 heteroatoms. The maximum absolute atomic E-state index is 12.6. The molecule has 0 radical (unpaired) electrons. The normalized spacial score (nSPS) is 14.7. The van der Waals surface area contributed by atoms with E-state index in [0.29, 0.717) is 38.5 Å². The standard InChI is InChI=1S/C30H26F3N7O2S2/c1-18(2)24-13-4-19(3)14-25(24)40-26(43)16-44-29(40)36-28(41)37-35-15-20-5-7-21(8-6-20)27-34-17-39(38-27)22-9-11-23(12-10-22)42-30(31,32)33/h4-15,17-18H,16H2,1-3H3,(H,37,41)/b35-15+,36-29-. The number of hydrogen-bond donors (Lipinski definition) is 1. The Hall–Kier alpha value is -4.56. The van der Waals surface area contributed by atoms with Crippen molar-refractivity contribution in [2.45, 2.75) is 33.1 Å². The number of amidine groups is 1. The number of thiocarbonyl (C=S) groups is 1. The molecular formula is C30H26F3N7O2S2. The number of amides is 2. The fourth-order valence-electron chi connectivity index (χ4n) is 4.33. The molecule has 44 heavy (non-hydrogen) atoms. The van der Waals surface area contributed by atoms with Gasteiger partial charge in [0.25, 0.3) is 0 Å². The molecule has 0 atom stereocenters. The van der Waals surface area contributed by atoms with Crippen molar-refractivity contribution in [1.29, 1.82) is 0 Å². The summed E-state index contributed by atoms with van der Waals surface area (Å²) < 4.78 is 42.5. The van der Waals surface area contributed by atoms with E-state index in [2.05, 4.69) is 62.4 Å². The fourth-order valence-corrected chi connectivity index (χ4v) is 5.62. The van der Waals surface area contributed by atoms with Gasteiger partial charge < -0.3 is 4.74 Å². The van der Waals surface area contributed by atoms with E-state index in [1.54, 1.807) is 24.3 Å². The molecule has 3 aromatic carbocycles. The minimum atomic E-state index is -4.76. The quantitative estimate of drug-likeness (QED) is 0.130. The molecule has 0 bridgehead atoms. The molecule has 226 valence electrons. The minimum absolute atomic E-state index is 0.263. The number of hydrogen-bond acceptors (Lipinski definition) is 7. The molecule has 1 N–H and O–H groups in total. The van der Waals surface area contributed by atoms with E-state index in [9.17, 15) is 18.0 Å². The van der Waals surface area contributed by atoms with Crippen LogP contribution in [0.4, 0.5) is 23.7 Å². The van der Waals surface area contributed by atoms with Crippen LogP contribution in [0.2, 0.25) is 0 Å². The molecule has 0 unspecified atom stereocenters. The first kappa shape index (κ1) is 30.9. The van der Waals surface area contributed by atoms with Crippen molar-refractivity contribution in [3.8, 4) is 22.8 Å². The van der Waals surface area contributed by atoms with E-state index in [1.807, 2.05) is 11.8 Å². The number of rotatable bonds is 7. The zero-order chi connectivity index (χ0) is 31.4. The zero-order valence-electron chi connectivity index (χ0n) is 23.7. The van der Waals surface area contributed by atoms with Crippen molar-refractivity contribution < 1.29 is 22.7 Å². The molecule has 1 saturated heterocycles. The van der Waals surface area contributed by atoms with Gasteiger partial charge in [0.1, 0.15) is 12.1 Å². The Labute approximate surface area is 260 Å². The first-order valence-corrected chi connectivity index (χ1v) is 14.7. The van der Waals surface area contributed by atoms with Gasteiger partial charge in [-0.25, -0.2) is 19.9 Å². The highest BCUT2D eigenvalue weighted by Crippen LogP contribution is 2.34. The summed E-state index contributed by atoms with van der Waals surface area (Å²) in [5.74, 6) is 0.908. The van der Waals surface area contributed by atoms with Crippen molar-refractivity contribution in [3.63, 3.8) is 0 Å². The van der Waals surface area contributed by atoms with Crippen LogP contribution in [0.25, 0.3) is 17.1 Å². The largest absolute Gasteiger partial charge is 0.573 e. The number of ether oxygens (including phenoxy) is 1. The number of anilines is 1. The highest BCUT2D eigenvalue weighted by Gasteiger charge is 2.31. The Balaban J connectivity index is 1.21. The van der Waals surface area contributed by atoms with Gasteiger partial charge in [0.15, 0.2) is 11.0 Å². The number of carbonyl (C=O) groups excluding carboxylic acids is 1. The maximum atomic E-state index is 12.6. The Kier molecular flexibility index (Phi) is 9.11. The molecule has 1 fully saturated rings. The third-order valence-corrected chi connectivity index (χ3v) is 7.84. The molecule has 1 aliphatic heterocycles. The maximum Gasteiger partial charge on any atom is 0.573 e. The lowest BCUT2D eigenvalue weighted by molar-refractivity contribution is -0.274. The summed E-state index contributed by atoms with van der Waals surface area (Å²) in [5.41, 5.74) is 7.50. The summed E-state index contributed by atoms with van der Waals surface area (Å²) in [6, 6.07) is 18.0. The second kappa shape index (κ2) is 13.0. The van der Waals surface area contributed by atoms with Gasteiger partial charge in [-0.15, -0.1) is 18.3 Å². The molecule has 1 aromatic heterocycles. The second-order valence-corrected chi connectivity index (χ2v) is 11.4. The van der Waals surface area contributed by atoms with Gasteiger partial charge in [-0.2, -0.15) is 10.1 Å². The van der Waals surface area contributed by atoms with Crippen LogP contribution in [-0.4, -0.2) is 49.3 Å². The SMILES string of the molecule is Cc1ccc(C(C)C)c(N2C(=S)CS/C2=N\C(=O)N/N=C/c2ccc(-c3ncn(-c4ccc(OC(F)(F)F)cc4)n3)cc2)c1. The van der Waals surface area contributed by atoms with Crippen LogP contribution in [0.15, 0.2) is 83.2 Å². The van der Waals surface area contributed by atoms with Gasteiger partial charge in [0, 0.05) is 5.56 Å². The van der Waals surface area contributed by atoms with Crippen molar-refractivity contribution in [3.05, 3.63) is 89.7 Å². The van der Waals surface area contributed by atoms with E-state index in [1.165, 1.54) is 53.3 Å². The molecule has 0 saturated carbocycles. The number of hydrazone groups is 1. The summed E-state index contributed by atoms with van der Waals surface area (Å²) in [4.78, 5) is 23.7. The van der Waals surface area contributed by atoms with Crippen LogP contribution in [0.5, 0.6) is 5.75 Å². The highest BCUT2D eigenvalue weighted by atomic mass is 32.2. The van der Waals surface area contributed by atoms with Gasteiger partial charge in [0.05, 0.1) is 28.3 Å². The van der Waals surface area contributed by atoms with E-state index in [0.717, 1.165) is 16.8 Å². The molecule has 9 nitrogen and oxygen atoms in total. The van der Waals surface area contributed by atoms with Crippen LogP contribution < -0.4 is 15.1 Å². The van der Waals surface area contributed by atoms with Gasteiger partial charge in [-0.05, 0) is 59.9 Å². The number of aryl methyl sites for hydroxylation is 1. The first-order valence-electron chi connectivity index (χ1n) is 13.3. The van der Waals surface area contributed by atoms with Crippen molar-refractivity contribution >= 4 is 52.1 Å². The lowest BCUT2D eigenvalue weighted by Crippen LogP contribution is -2.30. The molecule has 2 amide bonds. The number of nitrogens with one attached hydrogen (secondary N) is 1. The number of nitrogens with zero attached hydrogens (tertiary/aromatic N) is 6.